The molecule has 2 rings (SSSR count). The first-order valence-electron chi connectivity index (χ1n) is 6.62. The van der Waals surface area contributed by atoms with Crippen LogP contribution in [0.15, 0.2) is 18.2 Å². The summed E-state index contributed by atoms with van der Waals surface area (Å²) in [5.74, 6) is -1.91. The van der Waals surface area contributed by atoms with Gasteiger partial charge >= 0.3 is 5.97 Å². The van der Waals surface area contributed by atoms with Gasteiger partial charge in [0, 0.05) is 13.1 Å². The van der Waals surface area contributed by atoms with Crippen molar-refractivity contribution in [2.24, 2.45) is 5.41 Å². The van der Waals surface area contributed by atoms with E-state index in [1.54, 1.807) is 19.9 Å². The molecule has 108 valence electrons. The summed E-state index contributed by atoms with van der Waals surface area (Å²) in [6, 6.07) is 4.45. The number of rotatable bonds is 2. The number of aryl methyl sites for hydroxylation is 1. The van der Waals surface area contributed by atoms with Crippen molar-refractivity contribution in [1.29, 1.82) is 0 Å². The van der Waals surface area contributed by atoms with E-state index in [1.807, 2.05) is 0 Å². The maximum atomic E-state index is 13.8. The minimum Gasteiger partial charge on any atom is -0.481 e. The van der Waals surface area contributed by atoms with Crippen LogP contribution in [0.25, 0.3) is 0 Å². The zero-order valence-corrected chi connectivity index (χ0v) is 11.6. The maximum absolute atomic E-state index is 13.8. The fourth-order valence-corrected chi connectivity index (χ4v) is 2.55. The molecular formula is C15H18FNO3. The number of carbonyl (C=O) groups excluding carboxylic acids is 1. The van der Waals surface area contributed by atoms with Gasteiger partial charge in [-0.25, -0.2) is 4.39 Å². The normalized spacial score (nSPS) is 22.6. The van der Waals surface area contributed by atoms with Gasteiger partial charge < -0.3 is 10.0 Å². The van der Waals surface area contributed by atoms with Gasteiger partial charge in [0.2, 0.25) is 0 Å². The number of carboxylic acids is 1. The first-order chi connectivity index (χ1) is 9.33. The zero-order valence-electron chi connectivity index (χ0n) is 11.6. The summed E-state index contributed by atoms with van der Waals surface area (Å²) < 4.78 is 13.8. The molecule has 1 saturated heterocycles. The van der Waals surface area contributed by atoms with Crippen molar-refractivity contribution in [3.8, 4) is 0 Å². The quantitative estimate of drug-likeness (QED) is 0.904. The minimum absolute atomic E-state index is 0.00485. The molecule has 1 fully saturated rings. The van der Waals surface area contributed by atoms with Crippen molar-refractivity contribution < 1.29 is 19.1 Å². The molecule has 5 heteroatoms. The summed E-state index contributed by atoms with van der Waals surface area (Å²) in [5, 5.41) is 9.25. The maximum Gasteiger partial charge on any atom is 0.311 e. The third kappa shape index (κ3) is 2.66. The Morgan fingerprint density at radius 2 is 2.10 bits per heavy atom. The van der Waals surface area contributed by atoms with Crippen molar-refractivity contribution in [3.05, 3.63) is 35.1 Å². The highest BCUT2D eigenvalue weighted by Crippen LogP contribution is 2.30. The Morgan fingerprint density at radius 3 is 2.70 bits per heavy atom. The van der Waals surface area contributed by atoms with E-state index in [0.29, 0.717) is 19.4 Å². The molecule has 1 aromatic rings. The Bertz CT molecular complexity index is 558. The standard InChI is InChI=1S/C15H18FNO3/c1-10-4-5-11(12(16)8-10)13(18)17-7-3-6-15(2,9-17)14(19)20/h4-5,8H,3,6-7,9H2,1-2H3,(H,19,20). The second-order valence-corrected chi connectivity index (χ2v) is 5.68. The van der Waals surface area contributed by atoms with Crippen molar-refractivity contribution in [2.45, 2.75) is 26.7 Å². The lowest BCUT2D eigenvalue weighted by atomic mass is 9.82. The molecule has 1 aromatic carbocycles. The van der Waals surface area contributed by atoms with E-state index in [0.717, 1.165) is 5.56 Å². The van der Waals surface area contributed by atoms with Crippen molar-refractivity contribution in [3.63, 3.8) is 0 Å². The minimum atomic E-state index is -0.949. The molecular weight excluding hydrogens is 261 g/mol. The van der Waals surface area contributed by atoms with Crippen molar-refractivity contribution in [2.75, 3.05) is 13.1 Å². The van der Waals surface area contributed by atoms with E-state index in [4.69, 9.17) is 0 Å². The number of piperidine rings is 1. The van der Waals surface area contributed by atoms with Crippen LogP contribution in [0, 0.1) is 18.2 Å². The molecule has 0 aromatic heterocycles. The van der Waals surface area contributed by atoms with Crippen LogP contribution in [0.1, 0.15) is 35.7 Å². The summed E-state index contributed by atoms with van der Waals surface area (Å²) >= 11 is 0. The van der Waals surface area contributed by atoms with Crippen LogP contribution >= 0.6 is 0 Å². The van der Waals surface area contributed by atoms with Crippen LogP contribution in [-0.2, 0) is 4.79 Å². The molecule has 0 bridgehead atoms. The molecule has 1 aliphatic heterocycles. The van der Waals surface area contributed by atoms with Crippen LogP contribution in [0.2, 0.25) is 0 Å². The van der Waals surface area contributed by atoms with E-state index in [-0.39, 0.29) is 12.1 Å². The molecule has 1 atom stereocenters. The van der Waals surface area contributed by atoms with E-state index in [1.165, 1.54) is 17.0 Å². The molecule has 4 nitrogen and oxygen atoms in total. The third-order valence-electron chi connectivity index (χ3n) is 3.85. The second-order valence-electron chi connectivity index (χ2n) is 5.68. The van der Waals surface area contributed by atoms with Gasteiger partial charge in [0.05, 0.1) is 11.0 Å². The predicted molar refractivity (Wildman–Crippen MR) is 72.0 cm³/mol. The largest absolute Gasteiger partial charge is 0.481 e. The van der Waals surface area contributed by atoms with Gasteiger partial charge in [0.1, 0.15) is 5.82 Å². The van der Waals surface area contributed by atoms with E-state index >= 15 is 0 Å². The second kappa shape index (κ2) is 5.23. The number of carboxylic acid groups (broad SMARTS) is 1. The number of hydrogen-bond donors (Lipinski definition) is 1. The summed E-state index contributed by atoms with van der Waals surface area (Å²) in [7, 11) is 0. The van der Waals surface area contributed by atoms with Crippen LogP contribution in [0.3, 0.4) is 0 Å². The smallest absolute Gasteiger partial charge is 0.311 e. The lowest BCUT2D eigenvalue weighted by Gasteiger charge is -2.37. The molecule has 1 amide bonds. The molecule has 1 heterocycles. The average Bonchev–Trinajstić information content (AvgIpc) is 2.38. The number of amides is 1. The fourth-order valence-electron chi connectivity index (χ4n) is 2.55. The van der Waals surface area contributed by atoms with Gasteiger partial charge in [-0.3, -0.25) is 9.59 Å². The van der Waals surface area contributed by atoms with Gasteiger partial charge in [-0.2, -0.15) is 0 Å². The number of nitrogens with zero attached hydrogens (tertiary/aromatic N) is 1. The highest BCUT2D eigenvalue weighted by atomic mass is 19.1. The molecule has 1 unspecified atom stereocenters. The Kier molecular flexibility index (Phi) is 3.79. The fraction of sp³-hybridized carbons (Fsp3) is 0.467. The molecule has 1 aliphatic rings. The summed E-state index contributed by atoms with van der Waals surface area (Å²) in [6.45, 7) is 3.96. The van der Waals surface area contributed by atoms with E-state index < -0.39 is 23.1 Å². The zero-order chi connectivity index (χ0) is 14.9. The number of likely N-dealkylation sites (tertiary alicyclic amines) is 1. The molecule has 0 spiro atoms. The Morgan fingerprint density at radius 1 is 1.40 bits per heavy atom. The first kappa shape index (κ1) is 14.5. The number of benzene rings is 1. The Hall–Kier alpha value is -1.91. The van der Waals surface area contributed by atoms with E-state index in [2.05, 4.69) is 0 Å². The van der Waals surface area contributed by atoms with Crippen molar-refractivity contribution in [1.82, 2.24) is 4.90 Å². The van der Waals surface area contributed by atoms with Gasteiger partial charge in [-0.05, 0) is 44.4 Å². The number of hydrogen-bond acceptors (Lipinski definition) is 2. The highest BCUT2D eigenvalue weighted by molar-refractivity contribution is 5.95. The first-order valence-corrected chi connectivity index (χ1v) is 6.62. The number of carbonyl (C=O) groups is 2. The summed E-state index contributed by atoms with van der Waals surface area (Å²) in [4.78, 5) is 25.1. The van der Waals surface area contributed by atoms with Crippen LogP contribution < -0.4 is 0 Å². The van der Waals surface area contributed by atoms with Gasteiger partial charge in [-0.1, -0.05) is 6.07 Å². The molecule has 0 radical (unpaired) electrons. The molecule has 0 aliphatic carbocycles. The number of halogens is 1. The Balaban J connectivity index is 2.23. The lowest BCUT2D eigenvalue weighted by molar-refractivity contribution is -0.150. The van der Waals surface area contributed by atoms with Gasteiger partial charge in [0.25, 0.3) is 5.91 Å². The lowest BCUT2D eigenvalue weighted by Crippen LogP contribution is -2.48. The highest BCUT2D eigenvalue weighted by Gasteiger charge is 2.39. The predicted octanol–water partition coefficient (Wildman–Crippen LogP) is 2.46. The van der Waals surface area contributed by atoms with Crippen LogP contribution in [0.4, 0.5) is 4.39 Å². The van der Waals surface area contributed by atoms with Gasteiger partial charge in [-0.15, -0.1) is 0 Å². The third-order valence-corrected chi connectivity index (χ3v) is 3.85. The molecule has 0 saturated carbocycles. The summed E-state index contributed by atoms with van der Waals surface area (Å²) in [5.41, 5.74) is -0.201. The molecule has 1 N–H and O–H groups in total. The topological polar surface area (TPSA) is 57.6 Å². The summed E-state index contributed by atoms with van der Waals surface area (Å²) in [6.07, 6.45) is 1.14. The Labute approximate surface area is 117 Å². The van der Waals surface area contributed by atoms with Crippen molar-refractivity contribution >= 4 is 11.9 Å². The van der Waals surface area contributed by atoms with Gasteiger partial charge in [0.15, 0.2) is 0 Å². The monoisotopic (exact) mass is 279 g/mol. The molecule has 20 heavy (non-hydrogen) atoms. The van der Waals surface area contributed by atoms with Crippen LogP contribution in [0.5, 0.6) is 0 Å². The van der Waals surface area contributed by atoms with Crippen LogP contribution in [-0.4, -0.2) is 35.0 Å². The van der Waals surface area contributed by atoms with E-state index in [9.17, 15) is 19.1 Å². The number of aliphatic carboxylic acids is 1. The SMILES string of the molecule is Cc1ccc(C(=O)N2CCCC(C)(C(=O)O)C2)c(F)c1. The average molecular weight is 279 g/mol.